The maximum atomic E-state index is 6.05. The Balaban J connectivity index is 1.88. The van der Waals surface area contributed by atoms with Gasteiger partial charge < -0.3 is 4.90 Å². The molecule has 0 N–H and O–H groups in total. The zero-order valence-electron chi connectivity index (χ0n) is 11.8. The number of hydrogen-bond donors (Lipinski definition) is 0. The summed E-state index contributed by atoms with van der Waals surface area (Å²) in [5.74, 6) is 1.07. The number of fused-ring (bicyclic) bond motifs is 2. The zero-order valence-corrected chi connectivity index (χ0v) is 12.6. The third kappa shape index (κ3) is 2.24. The van der Waals surface area contributed by atoms with Crippen LogP contribution in [0.2, 0.25) is 5.02 Å². The van der Waals surface area contributed by atoms with Gasteiger partial charge >= 0.3 is 0 Å². The lowest BCUT2D eigenvalue weighted by Gasteiger charge is -2.36. The van der Waals surface area contributed by atoms with Crippen LogP contribution >= 0.6 is 11.6 Å². The third-order valence-corrected chi connectivity index (χ3v) is 4.56. The number of nitrogens with zero attached hydrogens (tertiary/aromatic N) is 2. The quantitative estimate of drug-likeness (QED) is 0.727. The smallest absolute Gasteiger partial charge is 0.133 e. The lowest BCUT2D eigenvalue weighted by molar-refractivity contribution is 0.514. The fourth-order valence-electron chi connectivity index (χ4n) is 3.31. The molecular formula is C18H17ClN2. The predicted octanol–water partition coefficient (Wildman–Crippen LogP) is 4.79. The van der Waals surface area contributed by atoms with Crippen molar-refractivity contribution in [2.24, 2.45) is 4.99 Å². The number of halogens is 1. The topological polar surface area (TPSA) is 15.6 Å². The number of benzene rings is 1. The van der Waals surface area contributed by atoms with Crippen LogP contribution in [0, 0.1) is 0 Å². The van der Waals surface area contributed by atoms with Crippen LogP contribution in [0.25, 0.3) is 5.70 Å². The van der Waals surface area contributed by atoms with E-state index in [1.807, 2.05) is 12.1 Å². The van der Waals surface area contributed by atoms with E-state index in [0.29, 0.717) is 0 Å². The lowest BCUT2D eigenvalue weighted by atomic mass is 9.87. The standard InChI is InChI=1S/C18H17ClN2/c19-14-10-8-13(9-11-14)18-15-5-1-2-6-16(15)20-17-7-3-4-12-21(17)18/h3-4,7-11H,1-2,5-6,12H2. The summed E-state index contributed by atoms with van der Waals surface area (Å²) in [6, 6.07) is 8.19. The molecule has 1 aromatic rings. The second-order valence-corrected chi connectivity index (χ2v) is 6.10. The highest BCUT2D eigenvalue weighted by atomic mass is 35.5. The van der Waals surface area contributed by atoms with Gasteiger partial charge in [0.2, 0.25) is 0 Å². The lowest BCUT2D eigenvalue weighted by Crippen LogP contribution is -2.31. The van der Waals surface area contributed by atoms with Crippen LogP contribution in [-0.4, -0.2) is 17.2 Å². The molecule has 0 aromatic heterocycles. The summed E-state index contributed by atoms with van der Waals surface area (Å²) in [6.07, 6.45) is 11.1. The summed E-state index contributed by atoms with van der Waals surface area (Å²) < 4.78 is 0. The first-order valence-electron chi connectivity index (χ1n) is 7.54. The Hall–Kier alpha value is -1.80. The second-order valence-electron chi connectivity index (χ2n) is 5.66. The molecule has 2 nitrogen and oxygen atoms in total. The van der Waals surface area contributed by atoms with E-state index in [-0.39, 0.29) is 0 Å². The van der Waals surface area contributed by atoms with E-state index in [4.69, 9.17) is 16.6 Å². The van der Waals surface area contributed by atoms with Gasteiger partial charge in [-0.2, -0.15) is 0 Å². The summed E-state index contributed by atoms with van der Waals surface area (Å²) in [4.78, 5) is 7.21. The minimum Gasteiger partial charge on any atom is -0.322 e. The molecule has 1 aromatic carbocycles. The molecule has 1 fully saturated rings. The fraction of sp³-hybridized carbons (Fsp3) is 0.278. The minimum absolute atomic E-state index is 0.784. The molecule has 2 aliphatic heterocycles. The van der Waals surface area contributed by atoms with Crippen LogP contribution in [0.15, 0.2) is 58.9 Å². The first-order valence-corrected chi connectivity index (χ1v) is 7.92. The summed E-state index contributed by atoms with van der Waals surface area (Å²) in [5, 5.41) is 0.784. The number of allylic oxidation sites excluding steroid dienone is 3. The number of rotatable bonds is 1. The molecule has 0 radical (unpaired) electrons. The molecule has 0 amide bonds. The Kier molecular flexibility index (Phi) is 3.19. The van der Waals surface area contributed by atoms with Crippen LogP contribution in [0.3, 0.4) is 0 Å². The minimum atomic E-state index is 0.784. The van der Waals surface area contributed by atoms with Crippen LogP contribution in [0.4, 0.5) is 0 Å². The van der Waals surface area contributed by atoms with Gasteiger partial charge in [0.25, 0.3) is 0 Å². The van der Waals surface area contributed by atoms with Crippen molar-refractivity contribution in [1.29, 1.82) is 0 Å². The average Bonchev–Trinajstić information content (AvgIpc) is 2.53. The maximum absolute atomic E-state index is 6.05. The van der Waals surface area contributed by atoms with Crippen molar-refractivity contribution in [3.63, 3.8) is 0 Å². The van der Waals surface area contributed by atoms with Gasteiger partial charge in [-0.3, -0.25) is 0 Å². The fourth-order valence-corrected chi connectivity index (χ4v) is 3.44. The number of hydrogen-bond acceptors (Lipinski definition) is 2. The van der Waals surface area contributed by atoms with Crippen molar-refractivity contribution >= 4 is 23.0 Å². The van der Waals surface area contributed by atoms with Crippen LogP contribution in [-0.2, 0) is 0 Å². The van der Waals surface area contributed by atoms with Crippen molar-refractivity contribution in [2.75, 3.05) is 6.54 Å². The highest BCUT2D eigenvalue weighted by Crippen LogP contribution is 2.38. The van der Waals surface area contributed by atoms with Crippen molar-refractivity contribution < 1.29 is 0 Å². The molecule has 0 spiro atoms. The normalized spacial score (nSPS) is 20.7. The molecule has 1 aliphatic carbocycles. The van der Waals surface area contributed by atoms with E-state index in [0.717, 1.165) is 30.2 Å². The molecule has 2 heterocycles. The molecule has 1 saturated carbocycles. The van der Waals surface area contributed by atoms with Crippen molar-refractivity contribution in [1.82, 2.24) is 4.90 Å². The van der Waals surface area contributed by atoms with Gasteiger partial charge in [0.1, 0.15) is 5.82 Å². The molecule has 21 heavy (non-hydrogen) atoms. The Bertz CT molecular complexity index is 692. The van der Waals surface area contributed by atoms with E-state index in [9.17, 15) is 0 Å². The van der Waals surface area contributed by atoms with E-state index < -0.39 is 0 Å². The van der Waals surface area contributed by atoms with Crippen LogP contribution < -0.4 is 0 Å². The Morgan fingerprint density at radius 3 is 2.71 bits per heavy atom. The molecule has 0 atom stereocenters. The van der Waals surface area contributed by atoms with Crippen molar-refractivity contribution in [3.8, 4) is 0 Å². The average molecular weight is 297 g/mol. The monoisotopic (exact) mass is 296 g/mol. The summed E-state index contributed by atoms with van der Waals surface area (Å²) >= 11 is 6.05. The summed E-state index contributed by atoms with van der Waals surface area (Å²) in [6.45, 7) is 0.893. The molecule has 106 valence electrons. The zero-order chi connectivity index (χ0) is 14.2. The third-order valence-electron chi connectivity index (χ3n) is 4.31. The molecule has 0 saturated heterocycles. The van der Waals surface area contributed by atoms with Crippen molar-refractivity contribution in [2.45, 2.75) is 25.7 Å². The highest BCUT2D eigenvalue weighted by Gasteiger charge is 2.29. The Labute approximate surface area is 130 Å². The molecule has 4 rings (SSSR count). The van der Waals surface area contributed by atoms with Gasteiger partial charge in [-0.25, -0.2) is 4.99 Å². The van der Waals surface area contributed by atoms with Gasteiger partial charge in [0.15, 0.2) is 0 Å². The van der Waals surface area contributed by atoms with E-state index in [1.165, 1.54) is 35.4 Å². The first kappa shape index (κ1) is 12.9. The Morgan fingerprint density at radius 1 is 1.05 bits per heavy atom. The van der Waals surface area contributed by atoms with Crippen LogP contribution in [0.1, 0.15) is 31.2 Å². The van der Waals surface area contributed by atoms with E-state index in [1.54, 1.807) is 0 Å². The molecule has 0 unspecified atom stereocenters. The number of aliphatic imine (C=N–C) groups is 1. The molecule has 3 aliphatic rings. The second kappa shape index (κ2) is 5.19. The molecule has 3 heteroatoms. The van der Waals surface area contributed by atoms with E-state index >= 15 is 0 Å². The predicted molar refractivity (Wildman–Crippen MR) is 88.2 cm³/mol. The van der Waals surface area contributed by atoms with Gasteiger partial charge in [-0.15, -0.1) is 0 Å². The van der Waals surface area contributed by atoms with E-state index in [2.05, 4.69) is 35.3 Å². The SMILES string of the molecule is Clc1ccc(C2=C3CCCCC3=NC3=CC=CCN32)cc1. The molecule has 0 bridgehead atoms. The molecular weight excluding hydrogens is 280 g/mol. The summed E-state index contributed by atoms with van der Waals surface area (Å²) in [7, 11) is 0. The van der Waals surface area contributed by atoms with Gasteiger partial charge in [0.05, 0.1) is 5.70 Å². The Morgan fingerprint density at radius 2 is 1.86 bits per heavy atom. The first-order chi connectivity index (χ1) is 10.3. The largest absolute Gasteiger partial charge is 0.322 e. The van der Waals surface area contributed by atoms with Gasteiger partial charge in [-0.05, 0) is 55.0 Å². The van der Waals surface area contributed by atoms with Crippen molar-refractivity contribution in [3.05, 3.63) is 64.5 Å². The maximum Gasteiger partial charge on any atom is 0.133 e. The van der Waals surface area contributed by atoms with Crippen LogP contribution in [0.5, 0.6) is 0 Å². The highest BCUT2D eigenvalue weighted by molar-refractivity contribution is 6.30. The van der Waals surface area contributed by atoms with Gasteiger partial charge in [-0.1, -0.05) is 35.9 Å². The van der Waals surface area contributed by atoms with Gasteiger partial charge in [0, 0.05) is 17.3 Å². The summed E-state index contributed by atoms with van der Waals surface area (Å²) in [5.41, 5.74) is 5.27.